The molecule has 0 bridgehead atoms. The number of ketones is 1. The molecule has 0 aliphatic heterocycles. The van der Waals surface area contributed by atoms with Gasteiger partial charge in [0, 0.05) is 44.3 Å². The molecule has 2 heterocycles. The average molecular weight is 320 g/mol. The molecular formula is C19H20N4O. The van der Waals surface area contributed by atoms with Crippen LogP contribution in [0.2, 0.25) is 0 Å². The molecule has 0 atom stereocenters. The van der Waals surface area contributed by atoms with Crippen LogP contribution in [0.25, 0.3) is 11.4 Å². The van der Waals surface area contributed by atoms with Gasteiger partial charge < -0.3 is 4.57 Å². The molecule has 0 N–H and O–H groups in total. The Hall–Kier alpha value is -2.82. The molecule has 0 amide bonds. The Kier molecular flexibility index (Phi) is 4.79. The zero-order valence-electron chi connectivity index (χ0n) is 13.9. The maximum absolute atomic E-state index is 12.3. The number of benzene rings is 1. The van der Waals surface area contributed by atoms with E-state index in [0.717, 1.165) is 28.3 Å². The Morgan fingerprint density at radius 2 is 1.96 bits per heavy atom. The highest BCUT2D eigenvalue weighted by atomic mass is 16.1. The Bertz CT molecular complexity index is 840. The molecule has 2 aromatic heterocycles. The normalized spacial score (nSPS) is 10.8. The van der Waals surface area contributed by atoms with E-state index in [2.05, 4.69) is 15.2 Å². The van der Waals surface area contributed by atoms with Gasteiger partial charge in [-0.2, -0.15) is 0 Å². The SMILES string of the molecule is Cc1ccccc1CC(=O)CCc1nnc(-c2cccnc2)n1C. The van der Waals surface area contributed by atoms with E-state index in [9.17, 15) is 4.79 Å². The number of hydrogen-bond donors (Lipinski definition) is 0. The predicted octanol–water partition coefficient (Wildman–Crippen LogP) is 2.93. The summed E-state index contributed by atoms with van der Waals surface area (Å²) < 4.78 is 1.93. The largest absolute Gasteiger partial charge is 0.314 e. The van der Waals surface area contributed by atoms with Crippen LogP contribution in [0.1, 0.15) is 23.4 Å². The molecule has 0 saturated carbocycles. The van der Waals surface area contributed by atoms with E-state index >= 15 is 0 Å². The van der Waals surface area contributed by atoms with Crippen molar-refractivity contribution in [1.82, 2.24) is 19.7 Å². The van der Waals surface area contributed by atoms with Crippen LogP contribution in [0.4, 0.5) is 0 Å². The Morgan fingerprint density at radius 1 is 1.12 bits per heavy atom. The molecule has 5 nitrogen and oxygen atoms in total. The molecule has 0 aliphatic rings. The Balaban J connectivity index is 1.64. The lowest BCUT2D eigenvalue weighted by atomic mass is 10.0. The van der Waals surface area contributed by atoms with Crippen LogP contribution in [0.15, 0.2) is 48.8 Å². The second-order valence-corrected chi connectivity index (χ2v) is 5.88. The number of carbonyl (C=O) groups is 1. The molecular weight excluding hydrogens is 300 g/mol. The quantitative estimate of drug-likeness (QED) is 0.700. The first kappa shape index (κ1) is 16.1. The fourth-order valence-corrected chi connectivity index (χ4v) is 2.69. The molecule has 0 saturated heterocycles. The van der Waals surface area contributed by atoms with E-state index in [-0.39, 0.29) is 5.78 Å². The van der Waals surface area contributed by atoms with Crippen molar-refractivity contribution in [1.29, 1.82) is 0 Å². The topological polar surface area (TPSA) is 60.7 Å². The van der Waals surface area contributed by atoms with Crippen molar-refractivity contribution in [3.8, 4) is 11.4 Å². The molecule has 0 spiro atoms. The van der Waals surface area contributed by atoms with E-state index in [1.807, 2.05) is 54.9 Å². The van der Waals surface area contributed by atoms with Gasteiger partial charge in [-0.3, -0.25) is 9.78 Å². The zero-order valence-corrected chi connectivity index (χ0v) is 13.9. The standard InChI is InChI=1S/C19H20N4O/c1-14-6-3-4-7-15(14)12-17(24)9-10-18-21-22-19(23(18)2)16-8-5-11-20-13-16/h3-8,11,13H,9-10,12H2,1-2H3. The summed E-state index contributed by atoms with van der Waals surface area (Å²) in [6.07, 6.45) is 5.02. The zero-order chi connectivity index (χ0) is 16.9. The smallest absolute Gasteiger partial charge is 0.165 e. The summed E-state index contributed by atoms with van der Waals surface area (Å²) in [6.45, 7) is 2.03. The van der Waals surface area contributed by atoms with Crippen molar-refractivity contribution < 1.29 is 4.79 Å². The van der Waals surface area contributed by atoms with Crippen LogP contribution in [-0.4, -0.2) is 25.5 Å². The highest BCUT2D eigenvalue weighted by molar-refractivity contribution is 5.81. The van der Waals surface area contributed by atoms with Crippen molar-refractivity contribution in [2.24, 2.45) is 7.05 Å². The minimum atomic E-state index is 0.218. The van der Waals surface area contributed by atoms with E-state index in [1.165, 1.54) is 0 Å². The van der Waals surface area contributed by atoms with Crippen molar-refractivity contribution in [2.45, 2.75) is 26.2 Å². The van der Waals surface area contributed by atoms with Gasteiger partial charge in [-0.05, 0) is 30.2 Å². The number of rotatable bonds is 6. The number of pyridine rings is 1. The number of Topliss-reactive ketones (excluding diaryl/α,β-unsaturated/α-hetero) is 1. The van der Waals surface area contributed by atoms with Crippen molar-refractivity contribution in [2.75, 3.05) is 0 Å². The minimum absolute atomic E-state index is 0.218. The van der Waals surface area contributed by atoms with Crippen molar-refractivity contribution in [3.63, 3.8) is 0 Å². The summed E-state index contributed by atoms with van der Waals surface area (Å²) in [7, 11) is 1.92. The van der Waals surface area contributed by atoms with E-state index in [1.54, 1.807) is 12.4 Å². The summed E-state index contributed by atoms with van der Waals surface area (Å²) in [6, 6.07) is 11.8. The van der Waals surface area contributed by atoms with Crippen LogP contribution in [0.3, 0.4) is 0 Å². The van der Waals surface area contributed by atoms with Crippen molar-refractivity contribution in [3.05, 3.63) is 65.7 Å². The number of aromatic nitrogens is 4. The summed E-state index contributed by atoms with van der Waals surface area (Å²) in [5.41, 5.74) is 3.17. The lowest BCUT2D eigenvalue weighted by molar-refractivity contribution is -0.118. The van der Waals surface area contributed by atoms with Gasteiger partial charge in [-0.15, -0.1) is 10.2 Å². The monoisotopic (exact) mass is 320 g/mol. The lowest BCUT2D eigenvalue weighted by Gasteiger charge is -2.06. The van der Waals surface area contributed by atoms with Gasteiger partial charge in [0.15, 0.2) is 5.82 Å². The van der Waals surface area contributed by atoms with Gasteiger partial charge in [-0.25, -0.2) is 0 Å². The highest BCUT2D eigenvalue weighted by Gasteiger charge is 2.13. The molecule has 0 unspecified atom stereocenters. The summed E-state index contributed by atoms with van der Waals surface area (Å²) >= 11 is 0. The van der Waals surface area contributed by atoms with Crippen LogP contribution >= 0.6 is 0 Å². The first-order valence-electron chi connectivity index (χ1n) is 8.00. The van der Waals surface area contributed by atoms with Crippen LogP contribution in [0.5, 0.6) is 0 Å². The summed E-state index contributed by atoms with van der Waals surface area (Å²) in [5, 5.41) is 8.45. The molecule has 3 aromatic rings. The van der Waals surface area contributed by atoms with Gasteiger partial charge in [0.2, 0.25) is 0 Å². The first-order chi connectivity index (χ1) is 11.6. The number of aryl methyl sites for hydroxylation is 2. The molecule has 122 valence electrons. The molecule has 3 rings (SSSR count). The van der Waals surface area contributed by atoms with Crippen LogP contribution in [-0.2, 0) is 24.7 Å². The van der Waals surface area contributed by atoms with Gasteiger partial charge in [0.05, 0.1) is 0 Å². The Morgan fingerprint density at radius 3 is 2.71 bits per heavy atom. The third-order valence-corrected chi connectivity index (χ3v) is 4.16. The number of hydrogen-bond acceptors (Lipinski definition) is 4. The summed E-state index contributed by atoms with van der Waals surface area (Å²) in [5.74, 6) is 1.80. The van der Waals surface area contributed by atoms with Gasteiger partial charge >= 0.3 is 0 Å². The van der Waals surface area contributed by atoms with E-state index in [4.69, 9.17) is 0 Å². The lowest BCUT2D eigenvalue weighted by Crippen LogP contribution is -2.08. The van der Waals surface area contributed by atoms with Crippen molar-refractivity contribution >= 4 is 5.78 Å². The molecule has 0 fully saturated rings. The Labute approximate surface area is 141 Å². The van der Waals surface area contributed by atoms with Crippen LogP contribution in [0, 0.1) is 6.92 Å². The van der Waals surface area contributed by atoms with E-state index < -0.39 is 0 Å². The fourth-order valence-electron chi connectivity index (χ4n) is 2.69. The molecule has 0 radical (unpaired) electrons. The second kappa shape index (κ2) is 7.17. The highest BCUT2D eigenvalue weighted by Crippen LogP contribution is 2.16. The first-order valence-corrected chi connectivity index (χ1v) is 8.00. The minimum Gasteiger partial charge on any atom is -0.314 e. The molecule has 1 aromatic carbocycles. The molecule has 0 aliphatic carbocycles. The van der Waals surface area contributed by atoms with Gasteiger partial charge in [0.25, 0.3) is 0 Å². The summed E-state index contributed by atoms with van der Waals surface area (Å²) in [4.78, 5) is 16.4. The predicted molar refractivity (Wildman–Crippen MR) is 92.4 cm³/mol. The number of nitrogens with zero attached hydrogens (tertiary/aromatic N) is 4. The number of carbonyl (C=O) groups excluding carboxylic acids is 1. The third kappa shape index (κ3) is 3.56. The van der Waals surface area contributed by atoms with Gasteiger partial charge in [-0.1, -0.05) is 24.3 Å². The average Bonchev–Trinajstić information content (AvgIpc) is 2.97. The fraction of sp³-hybridized carbons (Fsp3) is 0.263. The van der Waals surface area contributed by atoms with E-state index in [0.29, 0.717) is 19.3 Å². The van der Waals surface area contributed by atoms with Crippen LogP contribution < -0.4 is 0 Å². The second-order valence-electron chi connectivity index (χ2n) is 5.88. The maximum atomic E-state index is 12.3. The van der Waals surface area contributed by atoms with Gasteiger partial charge in [0.1, 0.15) is 11.6 Å². The molecule has 5 heteroatoms. The third-order valence-electron chi connectivity index (χ3n) is 4.16. The molecule has 24 heavy (non-hydrogen) atoms. The maximum Gasteiger partial charge on any atom is 0.165 e.